The lowest BCUT2D eigenvalue weighted by molar-refractivity contribution is 0.300. The number of benzene rings is 2. The molecule has 0 fully saturated rings. The van der Waals surface area contributed by atoms with Gasteiger partial charge in [-0.25, -0.2) is 4.39 Å². The Balaban J connectivity index is 1.68. The molecular formula is C16H10FN3O2. The molecule has 0 aliphatic rings. The van der Waals surface area contributed by atoms with Crippen LogP contribution in [-0.2, 0) is 6.61 Å². The molecule has 0 radical (unpaired) electrons. The molecule has 22 heavy (non-hydrogen) atoms. The highest BCUT2D eigenvalue weighted by Crippen LogP contribution is 2.21. The summed E-state index contributed by atoms with van der Waals surface area (Å²) in [7, 11) is 0. The first kappa shape index (κ1) is 13.8. The summed E-state index contributed by atoms with van der Waals surface area (Å²) in [5.74, 6) is 0.554. The maximum atomic E-state index is 13.7. The number of nitrogens with zero attached hydrogens (tertiary/aromatic N) is 3. The van der Waals surface area contributed by atoms with Crippen molar-refractivity contribution >= 4 is 0 Å². The Bertz CT molecular complexity index is 808. The molecular weight excluding hydrogens is 285 g/mol. The fourth-order valence-corrected chi connectivity index (χ4v) is 1.89. The third kappa shape index (κ3) is 2.94. The Hall–Kier alpha value is -3.20. The first-order chi connectivity index (χ1) is 10.8. The molecule has 0 unspecified atom stereocenters. The van der Waals surface area contributed by atoms with E-state index in [4.69, 9.17) is 14.4 Å². The SMILES string of the molecule is N#Cc1ccc(COc2ccc(-c3nnco3)cc2)c(F)c1. The predicted molar refractivity (Wildman–Crippen MR) is 75.2 cm³/mol. The smallest absolute Gasteiger partial charge is 0.247 e. The maximum Gasteiger partial charge on any atom is 0.247 e. The van der Waals surface area contributed by atoms with E-state index in [0.717, 1.165) is 5.56 Å². The van der Waals surface area contributed by atoms with Crippen LogP contribution >= 0.6 is 0 Å². The molecule has 0 amide bonds. The van der Waals surface area contributed by atoms with Gasteiger partial charge in [0.05, 0.1) is 11.6 Å². The Morgan fingerprint density at radius 1 is 1.18 bits per heavy atom. The molecule has 0 saturated heterocycles. The average Bonchev–Trinajstić information content (AvgIpc) is 3.08. The zero-order chi connectivity index (χ0) is 15.4. The van der Waals surface area contributed by atoms with E-state index in [1.807, 2.05) is 6.07 Å². The molecule has 3 aromatic rings. The normalized spacial score (nSPS) is 10.2. The van der Waals surface area contributed by atoms with Crippen LogP contribution < -0.4 is 4.74 Å². The molecule has 108 valence electrons. The minimum atomic E-state index is -0.457. The largest absolute Gasteiger partial charge is 0.489 e. The monoisotopic (exact) mass is 295 g/mol. The second kappa shape index (κ2) is 6.06. The summed E-state index contributed by atoms with van der Waals surface area (Å²) in [4.78, 5) is 0. The number of ether oxygens (including phenoxy) is 1. The summed E-state index contributed by atoms with van der Waals surface area (Å²) in [6.07, 6.45) is 1.26. The van der Waals surface area contributed by atoms with Crippen LogP contribution in [-0.4, -0.2) is 10.2 Å². The molecule has 0 atom stereocenters. The Labute approximate surface area is 125 Å². The highest BCUT2D eigenvalue weighted by atomic mass is 19.1. The standard InChI is InChI=1S/C16H10FN3O2/c17-15-7-11(8-18)1-2-13(15)9-21-14-5-3-12(4-6-14)16-20-19-10-22-16/h1-7,10H,9H2. The van der Waals surface area contributed by atoms with Crippen LogP contribution in [0.15, 0.2) is 53.3 Å². The minimum absolute atomic E-state index is 0.0808. The van der Waals surface area contributed by atoms with Gasteiger partial charge in [-0.15, -0.1) is 10.2 Å². The molecule has 5 nitrogen and oxygen atoms in total. The zero-order valence-corrected chi connectivity index (χ0v) is 11.4. The Morgan fingerprint density at radius 2 is 2.00 bits per heavy atom. The highest BCUT2D eigenvalue weighted by Gasteiger charge is 2.06. The van der Waals surface area contributed by atoms with Crippen molar-refractivity contribution in [2.45, 2.75) is 6.61 Å². The summed E-state index contributed by atoms with van der Waals surface area (Å²) < 4.78 is 24.3. The van der Waals surface area contributed by atoms with Crippen LogP contribution in [0.25, 0.3) is 11.5 Å². The van der Waals surface area contributed by atoms with E-state index in [0.29, 0.717) is 17.2 Å². The second-order valence-electron chi connectivity index (χ2n) is 4.47. The van der Waals surface area contributed by atoms with E-state index in [1.54, 1.807) is 36.4 Å². The predicted octanol–water partition coefficient (Wildman–Crippen LogP) is 3.33. The van der Waals surface area contributed by atoms with Crippen LogP contribution in [0.5, 0.6) is 5.75 Å². The minimum Gasteiger partial charge on any atom is -0.489 e. The molecule has 0 spiro atoms. The lowest BCUT2D eigenvalue weighted by Gasteiger charge is -2.07. The number of rotatable bonds is 4. The Kier molecular flexibility index (Phi) is 3.79. The quantitative estimate of drug-likeness (QED) is 0.738. The molecule has 1 heterocycles. The van der Waals surface area contributed by atoms with Gasteiger partial charge in [0.15, 0.2) is 0 Å². The molecule has 0 bridgehead atoms. The van der Waals surface area contributed by atoms with Gasteiger partial charge in [-0.05, 0) is 36.4 Å². The summed E-state index contributed by atoms with van der Waals surface area (Å²) >= 11 is 0. The Morgan fingerprint density at radius 3 is 2.64 bits per heavy atom. The summed E-state index contributed by atoms with van der Waals surface area (Å²) in [6, 6.07) is 13.2. The summed E-state index contributed by atoms with van der Waals surface area (Å²) in [5, 5.41) is 16.1. The van der Waals surface area contributed by atoms with Gasteiger partial charge in [0.25, 0.3) is 0 Å². The van der Waals surface area contributed by atoms with E-state index in [1.165, 1.54) is 12.5 Å². The van der Waals surface area contributed by atoms with Crippen molar-refractivity contribution in [3.8, 4) is 23.3 Å². The maximum absolute atomic E-state index is 13.7. The summed E-state index contributed by atoms with van der Waals surface area (Å²) in [5.41, 5.74) is 1.44. The van der Waals surface area contributed by atoms with Crippen LogP contribution in [0.1, 0.15) is 11.1 Å². The number of aromatic nitrogens is 2. The van der Waals surface area contributed by atoms with Crippen LogP contribution in [0.2, 0.25) is 0 Å². The highest BCUT2D eigenvalue weighted by molar-refractivity contribution is 5.53. The zero-order valence-electron chi connectivity index (χ0n) is 11.4. The van der Waals surface area contributed by atoms with Gasteiger partial charge in [-0.3, -0.25) is 0 Å². The van der Waals surface area contributed by atoms with Gasteiger partial charge in [0.1, 0.15) is 18.2 Å². The lowest BCUT2D eigenvalue weighted by Crippen LogP contribution is -1.99. The summed E-state index contributed by atoms with van der Waals surface area (Å²) in [6.45, 7) is 0.0808. The van der Waals surface area contributed by atoms with Gasteiger partial charge in [-0.2, -0.15) is 5.26 Å². The molecule has 0 aliphatic carbocycles. The fraction of sp³-hybridized carbons (Fsp3) is 0.0625. The van der Waals surface area contributed by atoms with E-state index >= 15 is 0 Å². The van der Waals surface area contributed by atoms with E-state index in [9.17, 15) is 4.39 Å². The van der Waals surface area contributed by atoms with Crippen LogP contribution in [0, 0.1) is 17.1 Å². The van der Waals surface area contributed by atoms with Crippen LogP contribution in [0.3, 0.4) is 0 Å². The average molecular weight is 295 g/mol. The van der Waals surface area contributed by atoms with Gasteiger partial charge in [-0.1, -0.05) is 6.07 Å². The van der Waals surface area contributed by atoms with E-state index in [-0.39, 0.29) is 12.2 Å². The molecule has 0 aliphatic heterocycles. The van der Waals surface area contributed by atoms with E-state index < -0.39 is 5.82 Å². The first-order valence-corrected chi connectivity index (χ1v) is 6.44. The molecule has 2 aromatic carbocycles. The van der Waals surface area contributed by atoms with Crippen molar-refractivity contribution < 1.29 is 13.5 Å². The first-order valence-electron chi connectivity index (χ1n) is 6.44. The molecule has 1 aromatic heterocycles. The number of hydrogen-bond donors (Lipinski definition) is 0. The lowest BCUT2D eigenvalue weighted by atomic mass is 10.1. The van der Waals surface area contributed by atoms with Crippen LogP contribution in [0.4, 0.5) is 4.39 Å². The van der Waals surface area contributed by atoms with Crippen molar-refractivity contribution in [1.82, 2.24) is 10.2 Å². The van der Waals surface area contributed by atoms with Gasteiger partial charge in [0, 0.05) is 11.1 Å². The van der Waals surface area contributed by atoms with Crippen molar-refractivity contribution in [1.29, 1.82) is 5.26 Å². The van der Waals surface area contributed by atoms with Crippen molar-refractivity contribution in [2.24, 2.45) is 0 Å². The van der Waals surface area contributed by atoms with Crippen molar-refractivity contribution in [3.05, 3.63) is 65.8 Å². The van der Waals surface area contributed by atoms with Gasteiger partial charge < -0.3 is 9.15 Å². The van der Waals surface area contributed by atoms with Gasteiger partial charge in [0.2, 0.25) is 12.3 Å². The van der Waals surface area contributed by atoms with Crippen molar-refractivity contribution in [2.75, 3.05) is 0 Å². The van der Waals surface area contributed by atoms with Crippen molar-refractivity contribution in [3.63, 3.8) is 0 Å². The number of nitriles is 1. The number of hydrogen-bond acceptors (Lipinski definition) is 5. The molecule has 0 saturated carbocycles. The molecule has 0 N–H and O–H groups in total. The number of halogens is 1. The second-order valence-corrected chi connectivity index (χ2v) is 4.47. The topological polar surface area (TPSA) is 71.9 Å². The third-order valence-electron chi connectivity index (χ3n) is 3.04. The molecule has 3 rings (SSSR count). The van der Waals surface area contributed by atoms with Gasteiger partial charge >= 0.3 is 0 Å². The fourth-order valence-electron chi connectivity index (χ4n) is 1.89. The van der Waals surface area contributed by atoms with E-state index in [2.05, 4.69) is 10.2 Å². The third-order valence-corrected chi connectivity index (χ3v) is 3.04. The molecule has 6 heteroatoms.